The van der Waals surface area contributed by atoms with Crippen LogP contribution in [0.25, 0.3) is 0 Å². The predicted molar refractivity (Wildman–Crippen MR) is 95.5 cm³/mol. The van der Waals surface area contributed by atoms with Crippen LogP contribution in [0.3, 0.4) is 0 Å². The molecule has 1 amide bonds. The Morgan fingerprint density at radius 1 is 1.11 bits per heavy atom. The molecule has 0 spiro atoms. The lowest BCUT2D eigenvalue weighted by molar-refractivity contribution is -0.130. The number of pyridine rings is 1. The number of fused-ring (bicyclic) bond motifs is 1. The minimum Gasteiger partial charge on any atom is -0.457 e. The molecule has 1 N–H and O–H groups in total. The van der Waals surface area contributed by atoms with Crippen molar-refractivity contribution < 1.29 is 28.2 Å². The van der Waals surface area contributed by atoms with Gasteiger partial charge in [-0.1, -0.05) is 6.07 Å². The number of carbonyl (C=O) groups is 2. The fourth-order valence-electron chi connectivity index (χ4n) is 2.70. The van der Waals surface area contributed by atoms with E-state index >= 15 is 0 Å². The van der Waals surface area contributed by atoms with E-state index in [1.165, 1.54) is 24.7 Å². The third-order valence-corrected chi connectivity index (χ3v) is 4.10. The monoisotopic (exact) mass is 380 g/mol. The van der Waals surface area contributed by atoms with Crippen LogP contribution in [0.5, 0.6) is 11.5 Å². The number of ether oxygens (including phenoxy) is 3. The molecular formula is C20H16N2O6. The molecule has 0 fully saturated rings. The number of nitrogens with one attached hydrogen (secondary N) is 1. The molecule has 1 aliphatic heterocycles. The Balaban J connectivity index is 1.47. The molecule has 4 rings (SSSR count). The van der Waals surface area contributed by atoms with E-state index in [2.05, 4.69) is 10.3 Å². The predicted octanol–water partition coefficient (Wildman–Crippen LogP) is 2.62. The van der Waals surface area contributed by atoms with Crippen LogP contribution in [-0.2, 0) is 16.1 Å². The minimum absolute atomic E-state index is 0.0163. The van der Waals surface area contributed by atoms with Crippen LogP contribution < -0.4 is 14.8 Å². The van der Waals surface area contributed by atoms with Crippen LogP contribution in [0.1, 0.15) is 27.8 Å². The minimum atomic E-state index is -1.14. The van der Waals surface area contributed by atoms with E-state index in [-0.39, 0.29) is 19.1 Å². The molecule has 0 radical (unpaired) electrons. The average Bonchev–Trinajstić information content (AvgIpc) is 3.42. The number of hydrogen-bond donors (Lipinski definition) is 1. The first-order valence-electron chi connectivity index (χ1n) is 8.51. The molecule has 0 bridgehead atoms. The van der Waals surface area contributed by atoms with E-state index in [1.54, 1.807) is 30.3 Å². The van der Waals surface area contributed by atoms with Crippen molar-refractivity contribution >= 4 is 11.9 Å². The molecular weight excluding hydrogens is 364 g/mol. The lowest BCUT2D eigenvalue weighted by Gasteiger charge is -2.17. The van der Waals surface area contributed by atoms with Crippen LogP contribution in [0.4, 0.5) is 0 Å². The van der Waals surface area contributed by atoms with Crippen molar-refractivity contribution in [3.63, 3.8) is 0 Å². The fraction of sp³-hybridized carbons (Fsp3) is 0.150. The number of aromatic nitrogens is 1. The molecule has 28 heavy (non-hydrogen) atoms. The van der Waals surface area contributed by atoms with Gasteiger partial charge in [0.1, 0.15) is 0 Å². The van der Waals surface area contributed by atoms with E-state index in [9.17, 15) is 9.59 Å². The number of nitrogens with zero attached hydrogens (tertiary/aromatic N) is 1. The number of esters is 1. The Morgan fingerprint density at radius 2 is 1.93 bits per heavy atom. The highest BCUT2D eigenvalue weighted by atomic mass is 16.7. The Labute approximate surface area is 160 Å². The number of hydrogen-bond acceptors (Lipinski definition) is 7. The summed E-state index contributed by atoms with van der Waals surface area (Å²) >= 11 is 0. The van der Waals surface area contributed by atoms with Gasteiger partial charge in [0.15, 0.2) is 11.5 Å². The lowest BCUT2D eigenvalue weighted by Crippen LogP contribution is -2.31. The Bertz CT molecular complexity index is 972. The zero-order valence-electron chi connectivity index (χ0n) is 14.7. The Hall–Kier alpha value is -3.81. The van der Waals surface area contributed by atoms with Crippen LogP contribution in [0.15, 0.2) is 65.5 Å². The number of benzene rings is 1. The van der Waals surface area contributed by atoms with Gasteiger partial charge in [0, 0.05) is 24.5 Å². The molecule has 1 aromatic carbocycles. The van der Waals surface area contributed by atoms with Crippen LogP contribution in [0.2, 0.25) is 0 Å². The highest BCUT2D eigenvalue weighted by molar-refractivity contribution is 5.90. The summed E-state index contributed by atoms with van der Waals surface area (Å²) in [6, 6.07) is 11.7. The number of amides is 1. The summed E-state index contributed by atoms with van der Waals surface area (Å²) in [5.74, 6) is 0.107. The summed E-state index contributed by atoms with van der Waals surface area (Å²) < 4.78 is 21.0. The number of furan rings is 1. The summed E-state index contributed by atoms with van der Waals surface area (Å²) in [6.45, 7) is 0.410. The van der Waals surface area contributed by atoms with Crippen molar-refractivity contribution in [2.24, 2.45) is 0 Å². The number of carbonyl (C=O) groups excluding carboxylic acids is 2. The molecule has 1 unspecified atom stereocenters. The summed E-state index contributed by atoms with van der Waals surface area (Å²) in [5.41, 5.74) is 1.32. The highest BCUT2D eigenvalue weighted by Crippen LogP contribution is 2.32. The van der Waals surface area contributed by atoms with Gasteiger partial charge in [0.2, 0.25) is 18.7 Å². The Morgan fingerprint density at radius 3 is 2.71 bits per heavy atom. The van der Waals surface area contributed by atoms with Gasteiger partial charge in [-0.15, -0.1) is 0 Å². The van der Waals surface area contributed by atoms with Gasteiger partial charge < -0.3 is 23.9 Å². The molecule has 8 heteroatoms. The molecule has 0 aliphatic carbocycles. The summed E-state index contributed by atoms with van der Waals surface area (Å²) in [7, 11) is 0. The Kier molecular flexibility index (Phi) is 4.92. The average molecular weight is 380 g/mol. The number of rotatable bonds is 6. The highest BCUT2D eigenvalue weighted by Gasteiger charge is 2.26. The maximum atomic E-state index is 12.8. The van der Waals surface area contributed by atoms with Crippen molar-refractivity contribution in [1.82, 2.24) is 10.3 Å². The van der Waals surface area contributed by atoms with Crippen molar-refractivity contribution in [2.45, 2.75) is 12.6 Å². The second-order valence-electron chi connectivity index (χ2n) is 5.95. The van der Waals surface area contributed by atoms with Gasteiger partial charge in [0.05, 0.1) is 6.26 Å². The van der Waals surface area contributed by atoms with E-state index in [1.807, 2.05) is 6.07 Å². The first-order chi connectivity index (χ1) is 13.7. The quantitative estimate of drug-likeness (QED) is 0.656. The van der Waals surface area contributed by atoms with E-state index < -0.39 is 18.0 Å². The van der Waals surface area contributed by atoms with Gasteiger partial charge in [-0.05, 0) is 42.0 Å². The maximum Gasteiger partial charge on any atom is 0.375 e. The zero-order chi connectivity index (χ0) is 19.3. The standard InChI is InChI=1S/C20H16N2O6/c23-19(22-11-13-3-4-15-17(10-13)27-12-26-15)18(14-5-7-21-8-6-14)28-20(24)16-2-1-9-25-16/h1-10,18H,11-12H2,(H,22,23). The van der Waals surface area contributed by atoms with Crippen molar-refractivity contribution in [2.75, 3.05) is 6.79 Å². The topological polar surface area (TPSA) is 99.9 Å². The zero-order valence-corrected chi connectivity index (χ0v) is 14.7. The van der Waals surface area contributed by atoms with Gasteiger partial charge in [-0.2, -0.15) is 0 Å². The molecule has 8 nitrogen and oxygen atoms in total. The third-order valence-electron chi connectivity index (χ3n) is 4.10. The maximum absolute atomic E-state index is 12.8. The lowest BCUT2D eigenvalue weighted by atomic mass is 10.1. The van der Waals surface area contributed by atoms with E-state index in [0.29, 0.717) is 17.1 Å². The van der Waals surface area contributed by atoms with E-state index in [0.717, 1.165) is 5.56 Å². The van der Waals surface area contributed by atoms with Crippen LogP contribution in [-0.4, -0.2) is 23.7 Å². The summed E-state index contributed by atoms with van der Waals surface area (Å²) in [6.07, 6.45) is 3.26. The smallest absolute Gasteiger partial charge is 0.375 e. The molecule has 2 aromatic heterocycles. The second-order valence-corrected chi connectivity index (χ2v) is 5.95. The summed E-state index contributed by atoms with van der Waals surface area (Å²) in [5, 5.41) is 2.78. The molecule has 0 saturated heterocycles. The van der Waals surface area contributed by atoms with Crippen LogP contribution >= 0.6 is 0 Å². The molecule has 0 saturated carbocycles. The first kappa shape index (κ1) is 17.6. The summed E-state index contributed by atoms with van der Waals surface area (Å²) in [4.78, 5) is 28.9. The third kappa shape index (κ3) is 3.80. The normalized spacial score (nSPS) is 13.0. The molecule has 3 heterocycles. The SMILES string of the molecule is O=C(OC(C(=O)NCc1ccc2c(c1)OCO2)c1ccncc1)c1ccco1. The van der Waals surface area contributed by atoms with E-state index in [4.69, 9.17) is 18.6 Å². The molecule has 3 aromatic rings. The molecule has 142 valence electrons. The van der Waals surface area contributed by atoms with Gasteiger partial charge in [-0.3, -0.25) is 9.78 Å². The van der Waals surface area contributed by atoms with Crippen molar-refractivity contribution in [1.29, 1.82) is 0 Å². The first-order valence-corrected chi connectivity index (χ1v) is 8.51. The van der Waals surface area contributed by atoms with Crippen molar-refractivity contribution in [3.05, 3.63) is 78.0 Å². The van der Waals surface area contributed by atoms with Gasteiger partial charge >= 0.3 is 5.97 Å². The molecule has 1 aliphatic rings. The van der Waals surface area contributed by atoms with Crippen molar-refractivity contribution in [3.8, 4) is 11.5 Å². The fourth-order valence-corrected chi connectivity index (χ4v) is 2.70. The van der Waals surface area contributed by atoms with Gasteiger partial charge in [0.25, 0.3) is 5.91 Å². The second kappa shape index (κ2) is 7.83. The largest absolute Gasteiger partial charge is 0.457 e. The van der Waals surface area contributed by atoms with Crippen LogP contribution in [0, 0.1) is 0 Å². The van der Waals surface area contributed by atoms with Gasteiger partial charge in [-0.25, -0.2) is 4.79 Å². The molecule has 1 atom stereocenters.